The van der Waals surface area contributed by atoms with Gasteiger partial charge in [-0.25, -0.2) is 8.78 Å². The van der Waals surface area contributed by atoms with E-state index in [0.29, 0.717) is 5.56 Å². The molecule has 0 aliphatic carbocycles. The van der Waals surface area contributed by atoms with E-state index in [4.69, 9.17) is 13.9 Å². The first-order valence-electron chi connectivity index (χ1n) is 11.4. The van der Waals surface area contributed by atoms with Gasteiger partial charge in [0.15, 0.2) is 34.6 Å². The van der Waals surface area contributed by atoms with Crippen LogP contribution >= 0.6 is 0 Å². The molecular formula is C27H19F5N2O5. The van der Waals surface area contributed by atoms with Crippen LogP contribution in [-0.4, -0.2) is 34.8 Å². The van der Waals surface area contributed by atoms with Gasteiger partial charge in [0.2, 0.25) is 0 Å². The summed E-state index contributed by atoms with van der Waals surface area (Å²) in [5.41, 5.74) is 0.326. The molecule has 4 aromatic rings. The second-order valence-electron chi connectivity index (χ2n) is 8.25. The molecule has 0 fully saturated rings. The molecule has 0 bridgehead atoms. The van der Waals surface area contributed by atoms with Crippen LogP contribution in [0, 0.1) is 11.6 Å². The van der Waals surface area contributed by atoms with Crippen LogP contribution in [-0.2, 0) is 6.42 Å². The number of hydrogen-bond acceptors (Lipinski definition) is 7. The van der Waals surface area contributed by atoms with E-state index in [2.05, 4.69) is 9.97 Å². The number of carbonyl (C=O) groups is 2. The number of benzene rings is 2. The highest BCUT2D eigenvalue weighted by atomic mass is 19.4. The van der Waals surface area contributed by atoms with E-state index < -0.39 is 42.2 Å². The Bertz CT molecular complexity index is 1500. The van der Waals surface area contributed by atoms with E-state index in [-0.39, 0.29) is 46.7 Å². The fourth-order valence-corrected chi connectivity index (χ4v) is 3.52. The number of pyridine rings is 1. The van der Waals surface area contributed by atoms with Gasteiger partial charge in [-0.15, -0.1) is 0 Å². The van der Waals surface area contributed by atoms with E-state index in [0.717, 1.165) is 18.3 Å². The summed E-state index contributed by atoms with van der Waals surface area (Å²) in [6.45, 7) is 0. The molecule has 0 saturated carbocycles. The van der Waals surface area contributed by atoms with Crippen molar-refractivity contribution in [3.8, 4) is 28.9 Å². The Morgan fingerprint density at radius 3 is 2.38 bits per heavy atom. The molecule has 2 aromatic heterocycles. The summed E-state index contributed by atoms with van der Waals surface area (Å²) >= 11 is 0. The highest BCUT2D eigenvalue weighted by Gasteiger charge is 2.28. The minimum Gasteiger partial charge on any atom is -0.454 e. The molecule has 0 saturated heterocycles. The van der Waals surface area contributed by atoms with Gasteiger partial charge in [0.1, 0.15) is 17.3 Å². The van der Waals surface area contributed by atoms with Crippen molar-refractivity contribution in [3.63, 3.8) is 0 Å². The Labute approximate surface area is 218 Å². The molecule has 12 heteroatoms. The van der Waals surface area contributed by atoms with Gasteiger partial charge in [-0.05, 0) is 48.0 Å². The summed E-state index contributed by atoms with van der Waals surface area (Å²) in [5, 5.41) is 0. The molecule has 0 amide bonds. The minimum absolute atomic E-state index is 0.0123. The molecule has 0 atom stereocenters. The zero-order valence-corrected chi connectivity index (χ0v) is 20.2. The van der Waals surface area contributed by atoms with E-state index in [1.165, 1.54) is 49.6 Å². The molecule has 4 rings (SSSR count). The number of oxazole rings is 1. The average molecular weight is 546 g/mol. The third-order valence-electron chi connectivity index (χ3n) is 5.39. The summed E-state index contributed by atoms with van der Waals surface area (Å²) in [4.78, 5) is 32.8. The topological polar surface area (TPSA) is 91.5 Å². The van der Waals surface area contributed by atoms with Crippen LogP contribution in [0.15, 0.2) is 65.2 Å². The Balaban J connectivity index is 1.48. The van der Waals surface area contributed by atoms with Crippen LogP contribution in [0.25, 0.3) is 11.3 Å². The molecule has 0 unspecified atom stereocenters. The lowest BCUT2D eigenvalue weighted by molar-refractivity contribution is -0.133. The van der Waals surface area contributed by atoms with Crippen molar-refractivity contribution in [3.05, 3.63) is 89.4 Å². The van der Waals surface area contributed by atoms with Gasteiger partial charge in [0.05, 0.1) is 13.5 Å². The third kappa shape index (κ3) is 7.03. The quantitative estimate of drug-likeness (QED) is 0.160. The van der Waals surface area contributed by atoms with E-state index >= 15 is 0 Å². The van der Waals surface area contributed by atoms with Crippen LogP contribution < -0.4 is 9.47 Å². The molecule has 0 N–H and O–H groups in total. The van der Waals surface area contributed by atoms with Crippen LogP contribution in [0.3, 0.4) is 0 Å². The first kappa shape index (κ1) is 27.4. The maximum atomic E-state index is 14.8. The third-order valence-corrected chi connectivity index (χ3v) is 5.39. The zero-order chi connectivity index (χ0) is 28.2. The number of hydrogen-bond donors (Lipinski definition) is 0. The number of alkyl halides is 3. The van der Waals surface area contributed by atoms with Crippen molar-refractivity contribution in [2.45, 2.75) is 25.4 Å². The molecule has 0 radical (unpaired) electrons. The van der Waals surface area contributed by atoms with Gasteiger partial charge in [-0.3, -0.25) is 14.6 Å². The normalized spacial score (nSPS) is 11.3. The SMILES string of the molecule is COc1nc(C(=O)Cc2ccc(Oc3ccnc(C(=O)CCC(F)(F)F)c3)c(F)c2)c(-c2ccc(F)cc2)o1. The number of nitrogens with zero attached hydrogens (tertiary/aromatic N) is 2. The second kappa shape index (κ2) is 11.4. The summed E-state index contributed by atoms with van der Waals surface area (Å²) in [6.07, 6.45) is -5.85. The van der Waals surface area contributed by atoms with E-state index in [1.54, 1.807) is 0 Å². The Hall–Kier alpha value is -4.61. The number of halogens is 5. The predicted molar refractivity (Wildman–Crippen MR) is 127 cm³/mol. The maximum Gasteiger partial charge on any atom is 0.394 e. The summed E-state index contributed by atoms with van der Waals surface area (Å²) in [5.74, 6) is -2.87. The average Bonchev–Trinajstić information content (AvgIpc) is 3.34. The maximum absolute atomic E-state index is 14.8. The van der Waals surface area contributed by atoms with Crippen molar-refractivity contribution < 1.29 is 45.4 Å². The highest BCUT2D eigenvalue weighted by molar-refractivity contribution is 6.00. The first-order valence-corrected chi connectivity index (χ1v) is 11.4. The van der Waals surface area contributed by atoms with Gasteiger partial charge < -0.3 is 13.9 Å². The molecule has 0 aliphatic rings. The Morgan fingerprint density at radius 2 is 1.72 bits per heavy atom. The molecule has 2 heterocycles. The van der Waals surface area contributed by atoms with Crippen molar-refractivity contribution in [2.75, 3.05) is 7.11 Å². The van der Waals surface area contributed by atoms with Gasteiger partial charge in [0.25, 0.3) is 0 Å². The van der Waals surface area contributed by atoms with Gasteiger partial charge in [-0.2, -0.15) is 18.2 Å². The summed E-state index contributed by atoms with van der Waals surface area (Å²) in [7, 11) is 1.30. The van der Waals surface area contributed by atoms with Gasteiger partial charge >= 0.3 is 12.3 Å². The number of ether oxygens (including phenoxy) is 2. The predicted octanol–water partition coefficient (Wildman–Crippen LogP) is 6.77. The molecule has 202 valence electrons. The first-order chi connectivity index (χ1) is 18.5. The Morgan fingerprint density at radius 1 is 0.974 bits per heavy atom. The van der Waals surface area contributed by atoms with Crippen LogP contribution in [0.4, 0.5) is 22.0 Å². The smallest absolute Gasteiger partial charge is 0.394 e. The molecule has 39 heavy (non-hydrogen) atoms. The lowest BCUT2D eigenvalue weighted by Crippen LogP contribution is -2.11. The summed E-state index contributed by atoms with van der Waals surface area (Å²) in [6, 6.07) is 11.4. The fraction of sp³-hybridized carbons (Fsp3) is 0.185. The van der Waals surface area contributed by atoms with Gasteiger partial charge in [0, 0.05) is 30.7 Å². The van der Waals surface area contributed by atoms with Crippen LogP contribution in [0.5, 0.6) is 17.6 Å². The van der Waals surface area contributed by atoms with Crippen LogP contribution in [0.2, 0.25) is 0 Å². The van der Waals surface area contributed by atoms with Gasteiger partial charge in [-0.1, -0.05) is 6.07 Å². The minimum atomic E-state index is -4.49. The number of ketones is 2. The van der Waals surface area contributed by atoms with E-state index in [1.807, 2.05) is 0 Å². The molecule has 0 aliphatic heterocycles. The summed E-state index contributed by atoms with van der Waals surface area (Å²) < 4.78 is 81.2. The molecule has 0 spiro atoms. The van der Waals surface area contributed by atoms with Crippen molar-refractivity contribution in [1.82, 2.24) is 9.97 Å². The number of aromatic nitrogens is 2. The number of methoxy groups -OCH3 is 1. The van der Waals surface area contributed by atoms with Crippen molar-refractivity contribution >= 4 is 11.6 Å². The second-order valence-corrected chi connectivity index (χ2v) is 8.25. The monoisotopic (exact) mass is 546 g/mol. The molecular weight excluding hydrogens is 527 g/mol. The lowest BCUT2D eigenvalue weighted by atomic mass is 10.0. The standard InChI is InChI=1S/C27H19F5N2O5/c1-37-26-34-24(25(39-26)16-3-5-17(28)6-4-16)22(36)13-15-2-7-23(19(29)12-15)38-18-9-11-33-20(14-18)21(35)8-10-27(30,31)32/h2-7,9,11-12,14H,8,10,13H2,1H3. The Kier molecular flexibility index (Phi) is 8.03. The zero-order valence-electron chi connectivity index (χ0n) is 20.2. The number of rotatable bonds is 10. The molecule has 7 nitrogen and oxygen atoms in total. The van der Waals surface area contributed by atoms with Crippen LogP contribution in [0.1, 0.15) is 39.4 Å². The van der Waals surface area contributed by atoms with E-state index in [9.17, 15) is 31.5 Å². The highest BCUT2D eigenvalue weighted by Crippen LogP contribution is 2.31. The number of carbonyl (C=O) groups excluding carboxylic acids is 2. The molecule has 2 aromatic carbocycles. The number of Topliss-reactive ketones (excluding diaryl/α,β-unsaturated/α-hetero) is 2. The largest absolute Gasteiger partial charge is 0.454 e. The fourth-order valence-electron chi connectivity index (χ4n) is 3.52. The lowest BCUT2D eigenvalue weighted by Gasteiger charge is -2.10. The van der Waals surface area contributed by atoms with Crippen molar-refractivity contribution in [1.29, 1.82) is 0 Å². The van der Waals surface area contributed by atoms with Crippen molar-refractivity contribution in [2.24, 2.45) is 0 Å².